The Kier molecular flexibility index (Phi) is 2.03. The molecule has 3 rings (SSSR count). The molecule has 2 atom stereocenters. The van der Waals surface area contributed by atoms with Gasteiger partial charge in [0, 0.05) is 17.5 Å². The molecule has 2 unspecified atom stereocenters. The summed E-state index contributed by atoms with van der Waals surface area (Å²) in [5.41, 5.74) is 1.94. The molecule has 1 aliphatic heterocycles. The molecule has 0 bridgehead atoms. The van der Waals surface area contributed by atoms with Crippen molar-refractivity contribution < 1.29 is 9.53 Å². The third-order valence-corrected chi connectivity index (χ3v) is 3.82. The van der Waals surface area contributed by atoms with Gasteiger partial charge in [0.25, 0.3) is 0 Å². The van der Waals surface area contributed by atoms with Crippen LogP contribution in [0.5, 0.6) is 0 Å². The predicted molar refractivity (Wildman–Crippen MR) is 60.4 cm³/mol. The van der Waals surface area contributed by atoms with Crippen LogP contribution in [0.2, 0.25) is 5.02 Å². The van der Waals surface area contributed by atoms with Crippen LogP contribution in [-0.4, -0.2) is 18.6 Å². The summed E-state index contributed by atoms with van der Waals surface area (Å²) in [6, 6.07) is 5.87. The fraction of sp³-hybridized carbons (Fsp3) is 0.417. The number of hydrogen-bond donors (Lipinski definition) is 1. The van der Waals surface area contributed by atoms with Gasteiger partial charge in [-0.05, 0) is 29.7 Å². The van der Waals surface area contributed by atoms with Crippen molar-refractivity contribution in [3.63, 3.8) is 0 Å². The van der Waals surface area contributed by atoms with E-state index in [2.05, 4.69) is 5.32 Å². The molecule has 1 aromatic rings. The van der Waals surface area contributed by atoms with Crippen molar-refractivity contribution in [2.45, 2.75) is 24.4 Å². The second-order valence-corrected chi connectivity index (χ2v) is 4.85. The minimum absolute atomic E-state index is 0.164. The quantitative estimate of drug-likeness (QED) is 0.758. The number of benzene rings is 1. The van der Waals surface area contributed by atoms with Crippen LogP contribution >= 0.6 is 11.6 Å². The normalized spacial score (nSPS) is 30.2. The fourth-order valence-electron chi connectivity index (χ4n) is 2.62. The number of halogens is 1. The summed E-state index contributed by atoms with van der Waals surface area (Å²) in [6.07, 6.45) is 0.813. The molecule has 3 nitrogen and oxygen atoms in total. The Morgan fingerprint density at radius 1 is 1.62 bits per heavy atom. The highest BCUT2D eigenvalue weighted by molar-refractivity contribution is 6.30. The van der Waals surface area contributed by atoms with E-state index in [1.165, 1.54) is 18.2 Å². The smallest absolute Gasteiger partial charge is 0.326 e. The van der Waals surface area contributed by atoms with Gasteiger partial charge in [-0.2, -0.15) is 0 Å². The maximum atomic E-state index is 11.7. The minimum atomic E-state index is -0.480. The number of esters is 1. The van der Waals surface area contributed by atoms with Gasteiger partial charge in [0.2, 0.25) is 0 Å². The lowest BCUT2D eigenvalue weighted by Gasteiger charge is -2.24. The molecule has 84 valence electrons. The summed E-state index contributed by atoms with van der Waals surface area (Å²) < 4.78 is 4.85. The molecular formula is C12H12ClNO2. The predicted octanol–water partition coefficient (Wildman–Crippen LogP) is 1.84. The van der Waals surface area contributed by atoms with Crippen LogP contribution in [0.1, 0.15) is 23.5 Å². The molecule has 1 heterocycles. The minimum Gasteiger partial charge on any atom is -0.468 e. The zero-order valence-electron chi connectivity index (χ0n) is 8.92. The van der Waals surface area contributed by atoms with Crippen LogP contribution in [0, 0.1) is 0 Å². The van der Waals surface area contributed by atoms with E-state index >= 15 is 0 Å². The number of ether oxygens (including phenoxy) is 1. The van der Waals surface area contributed by atoms with E-state index in [1.54, 1.807) is 0 Å². The third-order valence-electron chi connectivity index (χ3n) is 3.59. The Hall–Kier alpha value is -1.06. The Morgan fingerprint density at radius 2 is 2.44 bits per heavy atom. The van der Waals surface area contributed by atoms with Crippen molar-refractivity contribution in [3.05, 3.63) is 34.3 Å². The number of nitrogens with one attached hydrogen (secondary N) is 1. The van der Waals surface area contributed by atoms with Crippen molar-refractivity contribution in [3.8, 4) is 0 Å². The monoisotopic (exact) mass is 237 g/mol. The van der Waals surface area contributed by atoms with Gasteiger partial charge < -0.3 is 4.74 Å². The first-order chi connectivity index (χ1) is 7.67. The van der Waals surface area contributed by atoms with Gasteiger partial charge in [0.05, 0.1) is 7.11 Å². The van der Waals surface area contributed by atoms with Gasteiger partial charge in [0.1, 0.15) is 5.54 Å². The van der Waals surface area contributed by atoms with Crippen molar-refractivity contribution in [2.75, 3.05) is 7.11 Å². The summed E-state index contributed by atoms with van der Waals surface area (Å²) in [5.74, 6) is 0.0607. The fourth-order valence-corrected chi connectivity index (χ4v) is 2.80. The van der Waals surface area contributed by atoms with Crippen LogP contribution in [0.3, 0.4) is 0 Å². The van der Waals surface area contributed by atoms with Gasteiger partial charge in [-0.1, -0.05) is 17.7 Å². The average Bonchev–Trinajstić information content (AvgIpc) is 3.04. The number of carbonyl (C=O) groups is 1. The molecule has 1 aromatic carbocycles. The first-order valence-corrected chi connectivity index (χ1v) is 5.67. The zero-order valence-corrected chi connectivity index (χ0v) is 9.67. The molecule has 0 spiro atoms. The summed E-state index contributed by atoms with van der Waals surface area (Å²) >= 11 is 5.98. The second-order valence-electron chi connectivity index (χ2n) is 4.42. The van der Waals surface area contributed by atoms with Crippen LogP contribution in [0.25, 0.3) is 0 Å². The van der Waals surface area contributed by atoms with Crippen molar-refractivity contribution in [1.82, 2.24) is 5.32 Å². The van der Waals surface area contributed by atoms with Crippen molar-refractivity contribution in [2.24, 2.45) is 0 Å². The lowest BCUT2D eigenvalue weighted by molar-refractivity contribution is -0.144. The highest BCUT2D eigenvalue weighted by atomic mass is 35.5. The van der Waals surface area contributed by atoms with E-state index in [0.29, 0.717) is 6.54 Å². The third kappa shape index (κ3) is 1.22. The van der Waals surface area contributed by atoms with E-state index in [-0.39, 0.29) is 11.9 Å². The first-order valence-electron chi connectivity index (χ1n) is 5.29. The lowest BCUT2D eigenvalue weighted by atomic mass is 9.96. The van der Waals surface area contributed by atoms with Crippen LogP contribution in [0.15, 0.2) is 18.2 Å². The van der Waals surface area contributed by atoms with Gasteiger partial charge >= 0.3 is 5.97 Å². The number of methoxy groups -OCH3 is 1. The Labute approximate surface area is 98.7 Å². The topological polar surface area (TPSA) is 38.3 Å². The second kappa shape index (κ2) is 3.22. The highest BCUT2D eigenvalue weighted by Gasteiger charge is 2.63. The Morgan fingerprint density at radius 3 is 3.19 bits per heavy atom. The molecule has 2 aliphatic rings. The molecule has 4 heteroatoms. The van der Waals surface area contributed by atoms with Gasteiger partial charge in [-0.3, -0.25) is 10.1 Å². The van der Waals surface area contributed by atoms with Crippen LogP contribution < -0.4 is 5.32 Å². The molecule has 0 saturated heterocycles. The number of carbonyl (C=O) groups excluding carboxylic acids is 1. The molecule has 0 radical (unpaired) electrons. The zero-order chi connectivity index (χ0) is 11.3. The number of hydrogen-bond acceptors (Lipinski definition) is 3. The van der Waals surface area contributed by atoms with E-state index in [1.807, 2.05) is 18.2 Å². The van der Waals surface area contributed by atoms with E-state index in [9.17, 15) is 4.79 Å². The molecule has 1 aliphatic carbocycles. The highest BCUT2D eigenvalue weighted by Crippen LogP contribution is 2.55. The molecule has 16 heavy (non-hydrogen) atoms. The van der Waals surface area contributed by atoms with Crippen LogP contribution in [0.4, 0.5) is 0 Å². The summed E-state index contributed by atoms with van der Waals surface area (Å²) in [4.78, 5) is 11.7. The van der Waals surface area contributed by atoms with Gasteiger partial charge in [0.15, 0.2) is 0 Å². The van der Waals surface area contributed by atoms with Crippen molar-refractivity contribution >= 4 is 17.6 Å². The SMILES string of the molecule is COC(=O)C12CC1c1cc(Cl)ccc1CN2. The largest absolute Gasteiger partial charge is 0.468 e. The lowest BCUT2D eigenvalue weighted by Crippen LogP contribution is -2.43. The summed E-state index contributed by atoms with van der Waals surface area (Å²) in [6.45, 7) is 0.706. The maximum Gasteiger partial charge on any atom is 0.326 e. The molecule has 0 aromatic heterocycles. The first kappa shape index (κ1) is 10.1. The number of rotatable bonds is 1. The number of fused-ring (bicyclic) bond motifs is 3. The molecular weight excluding hydrogens is 226 g/mol. The molecule has 1 N–H and O–H groups in total. The van der Waals surface area contributed by atoms with Gasteiger partial charge in [-0.25, -0.2) is 0 Å². The standard InChI is InChI=1S/C12H12ClNO2/c1-16-11(15)12-5-10(12)9-4-8(13)3-2-7(9)6-14-12/h2-4,10,14H,5-6H2,1H3. The summed E-state index contributed by atoms with van der Waals surface area (Å²) in [7, 11) is 1.43. The Balaban J connectivity index is 2.00. The van der Waals surface area contributed by atoms with Gasteiger partial charge in [-0.15, -0.1) is 0 Å². The van der Waals surface area contributed by atoms with Crippen molar-refractivity contribution in [1.29, 1.82) is 0 Å². The van der Waals surface area contributed by atoms with Crippen LogP contribution in [-0.2, 0) is 16.1 Å². The van der Waals surface area contributed by atoms with E-state index in [4.69, 9.17) is 16.3 Å². The van der Waals surface area contributed by atoms with E-state index in [0.717, 1.165) is 11.4 Å². The average molecular weight is 238 g/mol. The molecule has 0 amide bonds. The van der Waals surface area contributed by atoms with E-state index < -0.39 is 5.54 Å². The summed E-state index contributed by atoms with van der Waals surface area (Å²) in [5, 5.41) is 4.01. The Bertz CT molecular complexity index is 474. The molecule has 1 saturated carbocycles. The maximum absolute atomic E-state index is 11.7. The molecule has 1 fully saturated rings.